The van der Waals surface area contributed by atoms with Crippen molar-refractivity contribution in [1.82, 2.24) is 4.31 Å². The Labute approximate surface area is 272 Å². The van der Waals surface area contributed by atoms with E-state index in [1.165, 1.54) is 64.9 Å². The van der Waals surface area contributed by atoms with Crippen molar-refractivity contribution in [3.8, 4) is 5.75 Å². The molecule has 1 aliphatic heterocycles. The number of rotatable bonds is 7. The average Bonchev–Trinajstić information content (AvgIpc) is 3.32. The van der Waals surface area contributed by atoms with Crippen molar-refractivity contribution in [3.63, 3.8) is 0 Å². The van der Waals surface area contributed by atoms with Gasteiger partial charge in [0.2, 0.25) is 0 Å². The van der Waals surface area contributed by atoms with Crippen LogP contribution in [0.2, 0.25) is 0 Å². The molecule has 3 aromatic rings. The number of aryl methyl sites for hydroxylation is 6. The minimum absolute atomic E-state index is 0.0234. The van der Waals surface area contributed by atoms with Gasteiger partial charge in [-0.25, -0.2) is 0 Å². The van der Waals surface area contributed by atoms with Gasteiger partial charge in [0.1, 0.15) is 0 Å². The molecule has 3 aromatic carbocycles. The van der Waals surface area contributed by atoms with Crippen molar-refractivity contribution in [2.45, 2.75) is 66.4 Å². The summed E-state index contributed by atoms with van der Waals surface area (Å²) in [5.74, 6) is 0.581. The molecule has 0 radical (unpaired) electrons. The summed E-state index contributed by atoms with van der Waals surface area (Å²) in [7, 11) is 11.3. The van der Waals surface area contributed by atoms with Gasteiger partial charge in [-0.2, -0.15) is 0 Å². The van der Waals surface area contributed by atoms with Crippen molar-refractivity contribution in [2.24, 2.45) is 0 Å². The van der Waals surface area contributed by atoms with E-state index in [4.69, 9.17) is 24.1 Å². The van der Waals surface area contributed by atoms with Crippen LogP contribution in [0.3, 0.4) is 0 Å². The van der Waals surface area contributed by atoms with Gasteiger partial charge in [-0.05, 0) is 63.8 Å². The molecule has 238 valence electrons. The van der Waals surface area contributed by atoms with Crippen molar-refractivity contribution in [1.29, 1.82) is 0 Å². The second-order valence-electron chi connectivity index (χ2n) is 11.6. The van der Waals surface area contributed by atoms with Crippen LogP contribution in [0.1, 0.15) is 52.8 Å². The van der Waals surface area contributed by atoms with Crippen molar-refractivity contribution in [2.75, 3.05) is 43.7 Å². The molecule has 0 aromatic heterocycles. The first-order valence-corrected chi connectivity index (χ1v) is 21.1. The van der Waals surface area contributed by atoms with Gasteiger partial charge in [-0.1, -0.05) is 35.4 Å². The Balaban J connectivity index is 0.000000238. The third kappa shape index (κ3) is 9.05. The van der Waals surface area contributed by atoms with Crippen LogP contribution in [0.25, 0.3) is 0 Å². The van der Waals surface area contributed by atoms with Crippen LogP contribution >= 0.6 is 19.4 Å². The van der Waals surface area contributed by atoms with Crippen molar-refractivity contribution in [3.05, 3.63) is 81.4 Å². The average molecular weight is 736 g/mol. The van der Waals surface area contributed by atoms with E-state index in [1.807, 2.05) is 13.8 Å². The fourth-order valence-electron chi connectivity index (χ4n) is 5.72. The molecule has 0 unspecified atom stereocenters. The summed E-state index contributed by atoms with van der Waals surface area (Å²) < 4.78 is 32.7. The summed E-state index contributed by atoms with van der Waals surface area (Å²) in [6.45, 7) is 20.3. The predicted octanol–water partition coefficient (Wildman–Crippen LogP) is 7.62. The van der Waals surface area contributed by atoms with Gasteiger partial charge in [0, 0.05) is 24.5 Å². The summed E-state index contributed by atoms with van der Waals surface area (Å²) >= 11 is -2.08. The molecule has 43 heavy (non-hydrogen) atoms. The fourth-order valence-corrected chi connectivity index (χ4v) is 8.44. The first-order chi connectivity index (χ1) is 20.0. The molecule has 4 rings (SSSR count). The maximum atomic E-state index is 12.1. The predicted molar refractivity (Wildman–Crippen MR) is 181 cm³/mol. The third-order valence-electron chi connectivity index (χ3n) is 7.19. The molecule has 0 saturated carbocycles. The number of nitrogens with zero attached hydrogens (tertiary/aromatic N) is 3. The van der Waals surface area contributed by atoms with E-state index in [1.54, 1.807) is 16.7 Å². The standard InChI is InChI=1S/C21H28N2.C12H17NO3S.2ClH.Ru/c1-14-9-16(3)20(17(4)10-14)22-7-8-23(13-22)21-18(5)11-15(2)12-19(21)6;1-9(2)16-12-7-6-11(8-10(12)3)17(14,15)13(4)5;;;/h9-12H,7-8,13H2,1-6H3;3,6-9H,1-2,4-5H3;2*1H;/q;;;;+2/p-2. The Morgan fingerprint density at radius 3 is 1.63 bits per heavy atom. The van der Waals surface area contributed by atoms with Crippen LogP contribution in [0, 0.1) is 41.5 Å². The number of ether oxygens (including phenoxy) is 1. The van der Waals surface area contributed by atoms with Crippen LogP contribution < -0.4 is 14.5 Å². The molecule has 10 heteroatoms. The summed E-state index contributed by atoms with van der Waals surface area (Å²) in [4.78, 5) is 5.25. The Hall–Kier alpha value is -1.96. The Morgan fingerprint density at radius 2 is 1.26 bits per heavy atom. The van der Waals surface area contributed by atoms with Gasteiger partial charge in [-0.15, -0.1) is 0 Å². The van der Waals surface area contributed by atoms with E-state index < -0.39 is 23.5 Å². The van der Waals surface area contributed by atoms with Gasteiger partial charge in [0.05, 0.1) is 6.67 Å². The minimum atomic E-state index is -3.49. The molecule has 1 fully saturated rings. The number of hydrogen-bond acceptors (Lipinski definition) is 5. The third-order valence-corrected chi connectivity index (χ3v) is 10.8. The van der Waals surface area contributed by atoms with Gasteiger partial charge >= 0.3 is 133 Å². The van der Waals surface area contributed by atoms with Crippen LogP contribution in [0.5, 0.6) is 5.75 Å². The molecule has 0 spiro atoms. The minimum Gasteiger partial charge on any atom is -0.352 e. The Kier molecular flexibility index (Phi) is 12.3. The number of sulfonamides is 1. The second-order valence-corrected chi connectivity index (χ2v) is 19.5. The van der Waals surface area contributed by atoms with E-state index in [9.17, 15) is 8.42 Å². The molecular formula is C33H45Cl2N3O3RuS. The first-order valence-electron chi connectivity index (χ1n) is 14.2. The first kappa shape index (κ1) is 35.5. The normalized spacial score (nSPS) is 13.8. The molecule has 6 nitrogen and oxygen atoms in total. The zero-order valence-electron chi connectivity index (χ0n) is 26.9. The molecule has 0 bridgehead atoms. The van der Waals surface area contributed by atoms with E-state index in [2.05, 4.69) is 75.6 Å². The second kappa shape index (κ2) is 14.9. The van der Waals surface area contributed by atoms with Crippen LogP contribution in [0.4, 0.5) is 11.4 Å². The van der Waals surface area contributed by atoms with E-state index in [0.717, 1.165) is 24.1 Å². The maximum absolute atomic E-state index is 12.1. The van der Waals surface area contributed by atoms with Gasteiger partial charge in [0.25, 0.3) is 0 Å². The van der Waals surface area contributed by atoms with Gasteiger partial charge in [-0.3, -0.25) is 0 Å². The van der Waals surface area contributed by atoms with Crippen LogP contribution in [-0.2, 0) is 23.5 Å². The Morgan fingerprint density at radius 1 is 0.814 bits per heavy atom. The van der Waals surface area contributed by atoms with E-state index >= 15 is 0 Å². The van der Waals surface area contributed by atoms with Crippen LogP contribution in [-0.4, -0.2) is 57.3 Å². The van der Waals surface area contributed by atoms with Crippen molar-refractivity contribution < 1.29 is 26.7 Å². The summed E-state index contributed by atoms with van der Waals surface area (Å²) in [5, 5.41) is 0. The fraction of sp³-hybridized carbons (Fsp3) is 0.424. The van der Waals surface area contributed by atoms with Gasteiger partial charge < -0.3 is 9.80 Å². The molecular weight excluding hydrogens is 690 g/mol. The summed E-state index contributed by atoms with van der Waals surface area (Å²) in [5.41, 5.74) is 11.7. The van der Waals surface area contributed by atoms with E-state index in [0.29, 0.717) is 11.3 Å². The number of hydrogen-bond donors (Lipinski definition) is 0. The van der Waals surface area contributed by atoms with Crippen molar-refractivity contribution >= 4 is 45.4 Å². The quantitative estimate of drug-likeness (QED) is 0.234. The van der Waals surface area contributed by atoms with Gasteiger partial charge in [0.15, 0.2) is 0 Å². The summed E-state index contributed by atoms with van der Waals surface area (Å²) in [6, 6.07) is 13.9. The monoisotopic (exact) mass is 735 g/mol. The zero-order valence-corrected chi connectivity index (χ0v) is 31.0. The number of halogens is 2. The maximum Gasteiger partial charge on any atom is 0.0904 e. The Bertz CT molecular complexity index is 1490. The largest absolute Gasteiger partial charge is 0.352 e. The van der Waals surface area contributed by atoms with E-state index in [-0.39, 0.29) is 11.0 Å². The molecule has 1 heterocycles. The number of anilines is 2. The number of benzene rings is 3. The summed E-state index contributed by atoms with van der Waals surface area (Å²) in [6.07, 6.45) is -0.0234. The molecule has 0 aliphatic carbocycles. The van der Waals surface area contributed by atoms with Crippen LogP contribution in [0.15, 0.2) is 47.4 Å². The zero-order chi connectivity index (χ0) is 32.2. The molecule has 0 atom stereocenters. The molecule has 1 saturated heterocycles. The molecule has 0 amide bonds. The molecule has 1 aliphatic rings. The SMILES string of the molecule is CC(C)Oc1ccc(S(=O)(=O)N(C)C)cc1[CH]=[Ru]([Cl])[Cl].Cc1cc(C)c(N2CCN(c3c(C)cc(C)cc3C)C2)c(C)c1. The topological polar surface area (TPSA) is 53.1 Å². The smallest absolute Gasteiger partial charge is 0.0904 e. The molecule has 0 N–H and O–H groups in total.